The van der Waals surface area contributed by atoms with E-state index in [1.165, 1.54) is 12.1 Å². The third-order valence-electron chi connectivity index (χ3n) is 3.34. The summed E-state index contributed by atoms with van der Waals surface area (Å²) in [6.45, 7) is 1.86. The van der Waals surface area contributed by atoms with Crippen molar-refractivity contribution in [3.05, 3.63) is 53.6 Å². The molecule has 3 aromatic rings. The average Bonchev–Trinajstić information content (AvgIpc) is 2.83. The molecule has 108 valence electrons. The number of imidazole rings is 1. The van der Waals surface area contributed by atoms with Gasteiger partial charge in [-0.2, -0.15) is 0 Å². The molecular formula is C16H14ClFN2O. The van der Waals surface area contributed by atoms with Crippen LogP contribution < -0.4 is 4.74 Å². The van der Waals surface area contributed by atoms with Crippen LogP contribution in [0.1, 0.15) is 11.4 Å². The van der Waals surface area contributed by atoms with Crippen LogP contribution in [-0.4, -0.2) is 16.7 Å². The lowest BCUT2D eigenvalue weighted by Gasteiger charge is -2.09. The van der Waals surface area contributed by atoms with Crippen molar-refractivity contribution in [3.63, 3.8) is 0 Å². The molecule has 0 spiro atoms. The standard InChI is InChI=1S/C16H14ClFN2O/c1-10-5-11(18)7-12(6-10)20-15-4-3-13(21-2)8-14(15)19-16(20)9-17/h3-8H,9H2,1-2H3. The summed E-state index contributed by atoms with van der Waals surface area (Å²) in [5.41, 5.74) is 3.21. The van der Waals surface area contributed by atoms with Crippen molar-refractivity contribution in [3.8, 4) is 11.4 Å². The van der Waals surface area contributed by atoms with Gasteiger partial charge >= 0.3 is 0 Å². The van der Waals surface area contributed by atoms with Gasteiger partial charge in [0.15, 0.2) is 0 Å². The predicted molar refractivity (Wildman–Crippen MR) is 81.9 cm³/mol. The number of nitrogens with zero attached hydrogens (tertiary/aromatic N) is 2. The van der Waals surface area contributed by atoms with E-state index in [0.717, 1.165) is 28.0 Å². The molecule has 0 radical (unpaired) electrons. The lowest BCUT2D eigenvalue weighted by Crippen LogP contribution is -2.00. The zero-order chi connectivity index (χ0) is 15.0. The Bertz CT molecular complexity index is 793. The number of ether oxygens (including phenoxy) is 1. The molecule has 0 N–H and O–H groups in total. The Morgan fingerprint density at radius 3 is 2.71 bits per heavy atom. The van der Waals surface area contributed by atoms with Gasteiger partial charge in [0.1, 0.15) is 17.4 Å². The Morgan fingerprint density at radius 2 is 2.05 bits per heavy atom. The van der Waals surface area contributed by atoms with Crippen LogP contribution in [0.2, 0.25) is 0 Å². The van der Waals surface area contributed by atoms with Gasteiger partial charge in [-0.25, -0.2) is 9.37 Å². The number of halogens is 2. The summed E-state index contributed by atoms with van der Waals surface area (Å²) in [5.74, 6) is 1.36. The summed E-state index contributed by atoms with van der Waals surface area (Å²) in [6, 6.07) is 10.5. The summed E-state index contributed by atoms with van der Waals surface area (Å²) < 4.78 is 20.8. The predicted octanol–water partition coefficient (Wildman–Crippen LogP) is 4.22. The van der Waals surface area contributed by atoms with Crippen molar-refractivity contribution in [2.75, 3.05) is 7.11 Å². The number of aryl methyl sites for hydroxylation is 1. The van der Waals surface area contributed by atoms with Gasteiger partial charge in [0.2, 0.25) is 0 Å². The first kappa shape index (κ1) is 13.9. The van der Waals surface area contributed by atoms with E-state index in [9.17, 15) is 4.39 Å². The summed E-state index contributed by atoms with van der Waals surface area (Å²) in [6.07, 6.45) is 0. The van der Waals surface area contributed by atoms with Crippen LogP contribution in [0.3, 0.4) is 0 Å². The molecule has 0 saturated heterocycles. The van der Waals surface area contributed by atoms with Crippen molar-refractivity contribution < 1.29 is 9.13 Å². The average molecular weight is 305 g/mol. The molecule has 0 amide bonds. The number of rotatable bonds is 3. The van der Waals surface area contributed by atoms with Crippen molar-refractivity contribution in [1.82, 2.24) is 9.55 Å². The van der Waals surface area contributed by atoms with Crippen LogP contribution in [0.25, 0.3) is 16.7 Å². The van der Waals surface area contributed by atoms with Gasteiger partial charge in [0.25, 0.3) is 0 Å². The zero-order valence-corrected chi connectivity index (χ0v) is 12.5. The highest BCUT2D eigenvalue weighted by molar-refractivity contribution is 6.17. The molecule has 21 heavy (non-hydrogen) atoms. The Labute approximate surface area is 126 Å². The van der Waals surface area contributed by atoms with Crippen LogP contribution in [0.4, 0.5) is 4.39 Å². The van der Waals surface area contributed by atoms with E-state index in [1.807, 2.05) is 35.8 Å². The SMILES string of the molecule is COc1ccc2c(c1)nc(CCl)n2-c1cc(C)cc(F)c1. The van der Waals surface area contributed by atoms with Crippen molar-refractivity contribution in [1.29, 1.82) is 0 Å². The maximum Gasteiger partial charge on any atom is 0.129 e. The second kappa shape index (κ2) is 5.37. The second-order valence-corrected chi connectivity index (χ2v) is 5.11. The molecule has 0 atom stereocenters. The Morgan fingerprint density at radius 1 is 1.24 bits per heavy atom. The van der Waals surface area contributed by atoms with Crippen molar-refractivity contribution in [2.45, 2.75) is 12.8 Å². The molecule has 0 aliphatic rings. The molecule has 3 rings (SSSR count). The quantitative estimate of drug-likeness (QED) is 0.677. The number of benzene rings is 2. The highest BCUT2D eigenvalue weighted by atomic mass is 35.5. The van der Waals surface area contributed by atoms with Gasteiger partial charge in [-0.15, -0.1) is 11.6 Å². The van der Waals surface area contributed by atoms with Crippen LogP contribution in [0, 0.1) is 12.7 Å². The van der Waals surface area contributed by atoms with Gasteiger partial charge in [0.05, 0.1) is 29.7 Å². The topological polar surface area (TPSA) is 27.1 Å². The van der Waals surface area contributed by atoms with Crippen LogP contribution in [0.15, 0.2) is 36.4 Å². The summed E-state index contributed by atoms with van der Waals surface area (Å²) in [7, 11) is 1.61. The minimum Gasteiger partial charge on any atom is -0.497 e. The molecule has 0 bridgehead atoms. The third kappa shape index (κ3) is 2.47. The van der Waals surface area contributed by atoms with E-state index in [1.54, 1.807) is 7.11 Å². The fraction of sp³-hybridized carbons (Fsp3) is 0.188. The monoisotopic (exact) mass is 304 g/mol. The Hall–Kier alpha value is -2.07. The molecule has 0 unspecified atom stereocenters. The van der Waals surface area contributed by atoms with Gasteiger partial charge in [-0.05, 0) is 42.8 Å². The smallest absolute Gasteiger partial charge is 0.129 e. The maximum atomic E-state index is 13.7. The van der Waals surface area contributed by atoms with Gasteiger partial charge in [0, 0.05) is 6.07 Å². The largest absolute Gasteiger partial charge is 0.497 e. The zero-order valence-electron chi connectivity index (χ0n) is 11.7. The van der Waals surface area contributed by atoms with E-state index in [4.69, 9.17) is 16.3 Å². The van der Waals surface area contributed by atoms with Gasteiger partial charge in [-0.1, -0.05) is 0 Å². The first-order valence-electron chi connectivity index (χ1n) is 6.51. The van der Waals surface area contributed by atoms with Crippen LogP contribution >= 0.6 is 11.6 Å². The van der Waals surface area contributed by atoms with E-state index in [2.05, 4.69) is 4.98 Å². The Balaban J connectivity index is 2.29. The number of hydrogen-bond acceptors (Lipinski definition) is 2. The van der Waals surface area contributed by atoms with Crippen LogP contribution in [-0.2, 0) is 5.88 Å². The first-order valence-corrected chi connectivity index (χ1v) is 7.04. The highest BCUT2D eigenvalue weighted by Gasteiger charge is 2.13. The Kier molecular flexibility index (Phi) is 3.55. The molecule has 5 heteroatoms. The normalized spacial score (nSPS) is 11.0. The molecule has 1 aromatic heterocycles. The molecule has 0 aliphatic carbocycles. The molecule has 3 nitrogen and oxygen atoms in total. The summed E-state index contributed by atoms with van der Waals surface area (Å²) >= 11 is 6.00. The van der Waals surface area contributed by atoms with E-state index < -0.39 is 0 Å². The number of fused-ring (bicyclic) bond motifs is 1. The molecule has 0 aliphatic heterocycles. The lowest BCUT2D eigenvalue weighted by molar-refractivity contribution is 0.415. The lowest BCUT2D eigenvalue weighted by atomic mass is 10.2. The molecule has 1 heterocycles. The number of methoxy groups -OCH3 is 1. The fourth-order valence-electron chi connectivity index (χ4n) is 2.46. The molecule has 0 fully saturated rings. The van der Waals surface area contributed by atoms with E-state index >= 15 is 0 Å². The number of aromatic nitrogens is 2. The molecule has 0 saturated carbocycles. The molecule has 2 aromatic carbocycles. The van der Waals surface area contributed by atoms with Gasteiger partial charge in [-0.3, -0.25) is 4.57 Å². The van der Waals surface area contributed by atoms with Crippen LogP contribution in [0.5, 0.6) is 5.75 Å². The maximum absolute atomic E-state index is 13.7. The third-order valence-corrected chi connectivity index (χ3v) is 3.57. The van der Waals surface area contributed by atoms with Gasteiger partial charge < -0.3 is 4.74 Å². The van der Waals surface area contributed by atoms with E-state index in [-0.39, 0.29) is 11.7 Å². The van der Waals surface area contributed by atoms with Crippen molar-refractivity contribution >= 4 is 22.6 Å². The van der Waals surface area contributed by atoms with E-state index in [0.29, 0.717) is 5.82 Å². The minimum absolute atomic E-state index is 0.243. The first-order chi connectivity index (χ1) is 10.1. The summed E-state index contributed by atoms with van der Waals surface area (Å²) in [4.78, 5) is 4.50. The van der Waals surface area contributed by atoms with Crippen molar-refractivity contribution in [2.24, 2.45) is 0 Å². The summed E-state index contributed by atoms with van der Waals surface area (Å²) in [5, 5.41) is 0. The number of hydrogen-bond donors (Lipinski definition) is 0. The molecular weight excluding hydrogens is 291 g/mol. The highest BCUT2D eigenvalue weighted by Crippen LogP contribution is 2.26. The second-order valence-electron chi connectivity index (χ2n) is 4.84. The number of alkyl halides is 1. The fourth-order valence-corrected chi connectivity index (χ4v) is 2.64. The minimum atomic E-state index is -0.277.